The molecule has 0 radical (unpaired) electrons. The lowest BCUT2D eigenvalue weighted by Gasteiger charge is -2.11. The molecular weight excluding hydrogens is 232 g/mol. The molecule has 1 aliphatic heterocycles. The quantitative estimate of drug-likeness (QED) is 0.575. The molecule has 18 heavy (non-hydrogen) atoms. The monoisotopic (exact) mass is 238 g/mol. The molecule has 1 aliphatic rings. The highest BCUT2D eigenvalue weighted by atomic mass is 15.6. The number of pyridine rings is 2. The van der Waals surface area contributed by atoms with E-state index in [1.807, 2.05) is 18.2 Å². The van der Waals surface area contributed by atoms with Crippen LogP contribution in [0.5, 0.6) is 0 Å². The van der Waals surface area contributed by atoms with Crippen LogP contribution in [0.2, 0.25) is 0 Å². The van der Waals surface area contributed by atoms with Crippen molar-refractivity contribution in [3.05, 3.63) is 24.4 Å². The van der Waals surface area contributed by atoms with Crippen LogP contribution < -0.4 is 11.0 Å². The molecule has 0 unspecified atom stereocenters. The fourth-order valence-corrected chi connectivity index (χ4v) is 1.83. The van der Waals surface area contributed by atoms with Crippen LogP contribution >= 0.6 is 0 Å². The standard InChI is InChI=1S/C10H6N8/c1-2-11-15-9-5(1)3-6-4-7-10(13-8(6)12-9)16-18-17-14-7/h1-4H,(H,14,18)(H,12,13,15,16,17). The van der Waals surface area contributed by atoms with Crippen molar-refractivity contribution in [1.82, 2.24) is 25.7 Å². The Bertz CT molecular complexity index is 796. The number of fused-ring (bicyclic) bond motifs is 3. The molecular formula is C10H6N8. The lowest BCUT2D eigenvalue weighted by atomic mass is 10.2. The van der Waals surface area contributed by atoms with Crippen molar-refractivity contribution in [1.29, 1.82) is 0 Å². The van der Waals surface area contributed by atoms with Crippen LogP contribution in [0.15, 0.2) is 34.7 Å². The van der Waals surface area contributed by atoms with Gasteiger partial charge in [0.2, 0.25) is 0 Å². The second-order valence-corrected chi connectivity index (χ2v) is 3.77. The van der Waals surface area contributed by atoms with Gasteiger partial charge < -0.3 is 0 Å². The molecule has 8 nitrogen and oxygen atoms in total. The van der Waals surface area contributed by atoms with E-state index in [4.69, 9.17) is 0 Å². The second kappa shape index (κ2) is 3.29. The molecule has 86 valence electrons. The normalized spacial score (nSPS) is 13.1. The summed E-state index contributed by atoms with van der Waals surface area (Å²) in [6.07, 6.45) is 1.63. The van der Waals surface area contributed by atoms with Crippen LogP contribution in [0.1, 0.15) is 0 Å². The van der Waals surface area contributed by atoms with Crippen molar-refractivity contribution in [2.75, 3.05) is 5.43 Å². The van der Waals surface area contributed by atoms with Gasteiger partial charge in [-0.1, -0.05) is 5.22 Å². The minimum Gasteiger partial charge on any atom is -0.265 e. The summed E-state index contributed by atoms with van der Waals surface area (Å²) in [5.41, 5.74) is 7.17. The minimum absolute atomic E-state index is 0.572. The van der Waals surface area contributed by atoms with E-state index in [0.717, 1.165) is 10.8 Å². The van der Waals surface area contributed by atoms with Gasteiger partial charge in [0.15, 0.2) is 17.1 Å². The Kier molecular flexibility index (Phi) is 1.68. The lowest BCUT2D eigenvalue weighted by molar-refractivity contribution is 0.777. The van der Waals surface area contributed by atoms with Crippen LogP contribution in [0, 0.1) is 0 Å². The van der Waals surface area contributed by atoms with Gasteiger partial charge in [0, 0.05) is 10.8 Å². The Morgan fingerprint density at radius 2 is 2.00 bits per heavy atom. The molecule has 0 atom stereocenters. The van der Waals surface area contributed by atoms with E-state index < -0.39 is 0 Å². The van der Waals surface area contributed by atoms with Gasteiger partial charge >= 0.3 is 0 Å². The average Bonchev–Trinajstić information content (AvgIpc) is 2.42. The Balaban J connectivity index is 2.09. The van der Waals surface area contributed by atoms with Crippen LogP contribution in [0.3, 0.4) is 0 Å². The first-order valence-corrected chi connectivity index (χ1v) is 5.25. The van der Waals surface area contributed by atoms with Gasteiger partial charge in [-0.3, -0.25) is 5.43 Å². The van der Waals surface area contributed by atoms with E-state index in [2.05, 4.69) is 41.5 Å². The van der Waals surface area contributed by atoms with Gasteiger partial charge in [-0.25, -0.2) is 15.5 Å². The summed E-state index contributed by atoms with van der Waals surface area (Å²) in [6, 6.07) is 5.69. The van der Waals surface area contributed by atoms with Gasteiger partial charge in [0.1, 0.15) is 5.69 Å². The molecule has 0 saturated carbocycles. The third-order valence-electron chi connectivity index (χ3n) is 2.65. The second-order valence-electron chi connectivity index (χ2n) is 3.77. The van der Waals surface area contributed by atoms with E-state index in [1.165, 1.54) is 0 Å². The van der Waals surface area contributed by atoms with Crippen molar-refractivity contribution in [2.24, 2.45) is 10.3 Å². The van der Waals surface area contributed by atoms with Crippen molar-refractivity contribution in [2.45, 2.75) is 0 Å². The maximum atomic E-state index is 4.36. The third kappa shape index (κ3) is 1.25. The predicted octanol–water partition coefficient (Wildman–Crippen LogP) is 1.50. The SMILES string of the molecule is c1cc2cc3cc4c(nc3nc2nn1)NNN=N4. The predicted molar refractivity (Wildman–Crippen MR) is 63.9 cm³/mol. The molecule has 2 N–H and O–H groups in total. The molecule has 0 spiro atoms. The zero-order valence-electron chi connectivity index (χ0n) is 8.99. The minimum atomic E-state index is 0.572. The molecule has 0 aliphatic carbocycles. The molecule has 3 aromatic rings. The maximum Gasteiger partial charge on any atom is 0.183 e. The average molecular weight is 238 g/mol. The number of hydrazine groups is 1. The van der Waals surface area contributed by atoms with Crippen molar-refractivity contribution in [3.63, 3.8) is 0 Å². The number of aromatic nitrogens is 4. The molecule has 0 bridgehead atoms. The topological polar surface area (TPSA) is 100 Å². The summed E-state index contributed by atoms with van der Waals surface area (Å²) in [5, 5.41) is 17.2. The number of hydrogen-bond donors (Lipinski definition) is 2. The zero-order valence-corrected chi connectivity index (χ0v) is 8.99. The summed E-state index contributed by atoms with van der Waals surface area (Å²) in [7, 11) is 0. The number of nitrogens with one attached hydrogen (secondary N) is 2. The van der Waals surface area contributed by atoms with Gasteiger partial charge in [-0.2, -0.15) is 5.10 Å². The van der Waals surface area contributed by atoms with E-state index in [1.54, 1.807) is 6.20 Å². The first kappa shape index (κ1) is 9.16. The van der Waals surface area contributed by atoms with Crippen molar-refractivity contribution < 1.29 is 0 Å². The molecule has 4 rings (SSSR count). The molecule has 0 fully saturated rings. The molecule has 0 aromatic carbocycles. The first-order valence-electron chi connectivity index (χ1n) is 5.25. The van der Waals surface area contributed by atoms with Gasteiger partial charge in [0.25, 0.3) is 0 Å². The van der Waals surface area contributed by atoms with E-state index >= 15 is 0 Å². The largest absolute Gasteiger partial charge is 0.265 e. The summed E-state index contributed by atoms with van der Waals surface area (Å²) < 4.78 is 0. The molecule has 0 saturated heterocycles. The summed E-state index contributed by atoms with van der Waals surface area (Å²) in [5.74, 6) is 0.591. The summed E-state index contributed by atoms with van der Waals surface area (Å²) in [6.45, 7) is 0. The Labute approximate surface area is 100 Å². The van der Waals surface area contributed by atoms with Crippen LogP contribution in [0.25, 0.3) is 22.1 Å². The fraction of sp³-hybridized carbons (Fsp3) is 0. The molecule has 8 heteroatoms. The summed E-state index contributed by atoms with van der Waals surface area (Å²) in [4.78, 5) is 8.72. The molecule has 3 aromatic heterocycles. The Morgan fingerprint density at radius 3 is 3.00 bits per heavy atom. The van der Waals surface area contributed by atoms with Gasteiger partial charge in [-0.15, -0.1) is 10.2 Å². The van der Waals surface area contributed by atoms with Crippen molar-refractivity contribution >= 4 is 33.6 Å². The zero-order chi connectivity index (χ0) is 11.9. The highest BCUT2D eigenvalue weighted by molar-refractivity contribution is 5.91. The molecule has 0 amide bonds. The van der Waals surface area contributed by atoms with Crippen LogP contribution in [-0.4, -0.2) is 20.2 Å². The summed E-state index contributed by atoms with van der Waals surface area (Å²) >= 11 is 0. The Morgan fingerprint density at radius 1 is 1.00 bits per heavy atom. The van der Waals surface area contributed by atoms with Crippen molar-refractivity contribution in [3.8, 4) is 0 Å². The maximum absolute atomic E-state index is 4.36. The third-order valence-corrected chi connectivity index (χ3v) is 2.65. The first-order chi connectivity index (χ1) is 8.90. The number of rotatable bonds is 0. The Hall–Kier alpha value is -2.90. The highest BCUT2D eigenvalue weighted by Gasteiger charge is 2.11. The molecule has 4 heterocycles. The van der Waals surface area contributed by atoms with Gasteiger partial charge in [0.05, 0.1) is 6.20 Å². The number of nitrogens with zero attached hydrogens (tertiary/aromatic N) is 6. The van der Waals surface area contributed by atoms with E-state index in [0.29, 0.717) is 22.8 Å². The van der Waals surface area contributed by atoms with E-state index in [9.17, 15) is 0 Å². The van der Waals surface area contributed by atoms with Crippen LogP contribution in [0.4, 0.5) is 11.5 Å². The number of anilines is 1. The van der Waals surface area contributed by atoms with E-state index in [-0.39, 0.29) is 0 Å². The van der Waals surface area contributed by atoms with Crippen LogP contribution in [-0.2, 0) is 0 Å². The fourth-order valence-electron chi connectivity index (χ4n) is 1.83. The van der Waals surface area contributed by atoms with Gasteiger partial charge in [-0.05, 0) is 18.2 Å². The lowest BCUT2D eigenvalue weighted by Crippen LogP contribution is -2.17. The highest BCUT2D eigenvalue weighted by Crippen LogP contribution is 2.29. The smallest absolute Gasteiger partial charge is 0.183 e. The number of hydrogen-bond acceptors (Lipinski definition) is 8.